The number of aromatic nitrogens is 1. The molecule has 3 nitrogen and oxygen atoms in total. The number of thiazole rings is 1. The van der Waals surface area contributed by atoms with E-state index >= 15 is 0 Å². The molecule has 15 heavy (non-hydrogen) atoms. The first-order valence-corrected chi connectivity index (χ1v) is 6.34. The SMILES string of the molecule is Cc1ncc(CN2CCCC(CO)C2)s1. The Balaban J connectivity index is 1.88. The molecule has 1 aliphatic rings. The second kappa shape index (κ2) is 5.05. The molecule has 1 fully saturated rings. The fourth-order valence-corrected chi connectivity index (χ4v) is 2.98. The third-order valence-corrected chi connectivity index (χ3v) is 3.81. The lowest BCUT2D eigenvalue weighted by atomic mass is 9.99. The molecule has 1 aromatic heterocycles. The normalized spacial score (nSPS) is 23.2. The average Bonchev–Trinajstić information content (AvgIpc) is 2.64. The van der Waals surface area contributed by atoms with Crippen molar-refractivity contribution in [1.82, 2.24) is 9.88 Å². The van der Waals surface area contributed by atoms with Gasteiger partial charge >= 0.3 is 0 Å². The van der Waals surface area contributed by atoms with Crippen LogP contribution >= 0.6 is 11.3 Å². The Kier molecular flexibility index (Phi) is 3.72. The Hall–Kier alpha value is -0.450. The molecule has 1 aliphatic heterocycles. The average molecular weight is 226 g/mol. The van der Waals surface area contributed by atoms with E-state index in [4.69, 9.17) is 5.11 Å². The van der Waals surface area contributed by atoms with E-state index in [1.54, 1.807) is 11.3 Å². The third-order valence-electron chi connectivity index (χ3n) is 2.91. The molecular weight excluding hydrogens is 208 g/mol. The fourth-order valence-electron chi connectivity index (χ4n) is 2.14. The van der Waals surface area contributed by atoms with Crippen molar-refractivity contribution in [2.45, 2.75) is 26.3 Å². The molecule has 0 bridgehead atoms. The van der Waals surface area contributed by atoms with Crippen molar-refractivity contribution in [3.05, 3.63) is 16.1 Å². The van der Waals surface area contributed by atoms with E-state index < -0.39 is 0 Å². The van der Waals surface area contributed by atoms with Crippen LogP contribution in [0.5, 0.6) is 0 Å². The van der Waals surface area contributed by atoms with Crippen LogP contribution in [-0.4, -0.2) is 34.7 Å². The number of hydrogen-bond donors (Lipinski definition) is 1. The molecule has 1 atom stereocenters. The van der Waals surface area contributed by atoms with Crippen LogP contribution < -0.4 is 0 Å². The van der Waals surface area contributed by atoms with Gasteiger partial charge in [-0.15, -0.1) is 11.3 Å². The van der Waals surface area contributed by atoms with Crippen LogP contribution in [-0.2, 0) is 6.54 Å². The molecule has 2 rings (SSSR count). The molecule has 1 saturated heterocycles. The van der Waals surface area contributed by atoms with E-state index in [1.807, 2.05) is 13.1 Å². The van der Waals surface area contributed by atoms with Crippen LogP contribution in [0.25, 0.3) is 0 Å². The Morgan fingerprint density at radius 3 is 3.20 bits per heavy atom. The van der Waals surface area contributed by atoms with Crippen LogP contribution in [0.4, 0.5) is 0 Å². The Morgan fingerprint density at radius 1 is 1.67 bits per heavy atom. The summed E-state index contributed by atoms with van der Waals surface area (Å²) in [6.07, 6.45) is 4.36. The van der Waals surface area contributed by atoms with E-state index in [1.165, 1.54) is 17.7 Å². The molecule has 4 heteroatoms. The van der Waals surface area contributed by atoms with Gasteiger partial charge in [0.05, 0.1) is 5.01 Å². The first-order valence-electron chi connectivity index (χ1n) is 5.52. The van der Waals surface area contributed by atoms with Crippen LogP contribution in [0.1, 0.15) is 22.7 Å². The molecule has 0 spiro atoms. The maximum atomic E-state index is 9.14. The van der Waals surface area contributed by atoms with Gasteiger partial charge in [0.15, 0.2) is 0 Å². The lowest BCUT2D eigenvalue weighted by Gasteiger charge is -2.31. The first-order chi connectivity index (χ1) is 7.28. The van der Waals surface area contributed by atoms with Crippen LogP contribution in [0, 0.1) is 12.8 Å². The number of aryl methyl sites for hydroxylation is 1. The molecule has 0 aliphatic carbocycles. The topological polar surface area (TPSA) is 36.4 Å². The molecule has 2 heterocycles. The summed E-state index contributed by atoms with van der Waals surface area (Å²) in [4.78, 5) is 8.03. The number of piperidine rings is 1. The largest absolute Gasteiger partial charge is 0.396 e. The van der Waals surface area contributed by atoms with Gasteiger partial charge in [-0.3, -0.25) is 4.90 Å². The summed E-state index contributed by atoms with van der Waals surface area (Å²) in [6.45, 7) is 5.57. The van der Waals surface area contributed by atoms with Crippen molar-refractivity contribution in [3.8, 4) is 0 Å². The van der Waals surface area contributed by atoms with E-state index in [0.29, 0.717) is 12.5 Å². The summed E-state index contributed by atoms with van der Waals surface area (Å²) in [5, 5.41) is 10.3. The van der Waals surface area contributed by atoms with Gasteiger partial charge in [-0.1, -0.05) is 0 Å². The molecule has 0 aromatic carbocycles. The van der Waals surface area contributed by atoms with Crippen LogP contribution in [0.2, 0.25) is 0 Å². The Morgan fingerprint density at radius 2 is 2.53 bits per heavy atom. The van der Waals surface area contributed by atoms with Crippen LogP contribution in [0.3, 0.4) is 0 Å². The minimum atomic E-state index is 0.332. The van der Waals surface area contributed by atoms with Gasteiger partial charge in [0.1, 0.15) is 0 Å². The Bertz CT molecular complexity index is 313. The number of aliphatic hydroxyl groups excluding tert-OH is 1. The van der Waals surface area contributed by atoms with Crippen molar-refractivity contribution < 1.29 is 5.11 Å². The van der Waals surface area contributed by atoms with Crippen molar-refractivity contribution in [1.29, 1.82) is 0 Å². The lowest BCUT2D eigenvalue weighted by Crippen LogP contribution is -2.36. The van der Waals surface area contributed by atoms with Gasteiger partial charge in [-0.25, -0.2) is 4.98 Å². The molecule has 1 N–H and O–H groups in total. The monoisotopic (exact) mass is 226 g/mol. The van der Waals surface area contributed by atoms with E-state index in [9.17, 15) is 0 Å². The summed E-state index contributed by atoms with van der Waals surface area (Å²) in [6, 6.07) is 0. The number of aliphatic hydroxyl groups is 1. The molecule has 1 aromatic rings. The van der Waals surface area contributed by atoms with Crippen molar-refractivity contribution >= 4 is 11.3 Å². The summed E-state index contributed by atoms with van der Waals surface area (Å²) >= 11 is 1.77. The minimum Gasteiger partial charge on any atom is -0.396 e. The lowest BCUT2D eigenvalue weighted by molar-refractivity contribution is 0.116. The fraction of sp³-hybridized carbons (Fsp3) is 0.727. The van der Waals surface area contributed by atoms with E-state index in [0.717, 1.165) is 24.6 Å². The molecule has 0 saturated carbocycles. The standard InChI is InChI=1S/C11H18N2OS/c1-9-12-5-11(15-9)7-13-4-2-3-10(6-13)8-14/h5,10,14H,2-4,6-8H2,1H3. The van der Waals surface area contributed by atoms with Gasteiger partial charge in [0.25, 0.3) is 0 Å². The zero-order valence-electron chi connectivity index (χ0n) is 9.15. The summed E-state index contributed by atoms with van der Waals surface area (Å²) < 4.78 is 0. The summed E-state index contributed by atoms with van der Waals surface area (Å²) in [7, 11) is 0. The highest BCUT2D eigenvalue weighted by Gasteiger charge is 2.19. The zero-order chi connectivity index (χ0) is 10.7. The number of likely N-dealkylation sites (tertiary alicyclic amines) is 1. The first kappa shape index (κ1) is 11.0. The molecular formula is C11H18N2OS. The van der Waals surface area contributed by atoms with Crippen LogP contribution in [0.15, 0.2) is 6.20 Å². The van der Waals surface area contributed by atoms with E-state index in [-0.39, 0.29) is 0 Å². The predicted molar refractivity (Wildman–Crippen MR) is 61.9 cm³/mol. The highest BCUT2D eigenvalue weighted by molar-refractivity contribution is 7.11. The van der Waals surface area contributed by atoms with Crippen molar-refractivity contribution in [2.75, 3.05) is 19.7 Å². The molecule has 0 radical (unpaired) electrons. The highest BCUT2D eigenvalue weighted by atomic mass is 32.1. The van der Waals surface area contributed by atoms with Gasteiger partial charge < -0.3 is 5.11 Å². The quantitative estimate of drug-likeness (QED) is 0.851. The minimum absolute atomic E-state index is 0.332. The second-order valence-corrected chi connectivity index (χ2v) is 5.59. The van der Waals surface area contributed by atoms with Gasteiger partial charge in [0, 0.05) is 30.8 Å². The summed E-state index contributed by atoms with van der Waals surface area (Å²) in [5.74, 6) is 0.479. The molecule has 0 amide bonds. The number of hydrogen-bond acceptors (Lipinski definition) is 4. The van der Waals surface area contributed by atoms with Gasteiger partial charge in [-0.05, 0) is 32.2 Å². The highest BCUT2D eigenvalue weighted by Crippen LogP contribution is 2.20. The predicted octanol–water partition coefficient (Wildman–Crippen LogP) is 1.66. The number of nitrogens with zero attached hydrogens (tertiary/aromatic N) is 2. The zero-order valence-corrected chi connectivity index (χ0v) is 9.96. The van der Waals surface area contributed by atoms with Gasteiger partial charge in [-0.2, -0.15) is 0 Å². The van der Waals surface area contributed by atoms with Crippen molar-refractivity contribution in [3.63, 3.8) is 0 Å². The maximum absolute atomic E-state index is 9.14. The molecule has 84 valence electrons. The van der Waals surface area contributed by atoms with Crippen molar-refractivity contribution in [2.24, 2.45) is 5.92 Å². The Labute approximate surface area is 94.8 Å². The van der Waals surface area contributed by atoms with Gasteiger partial charge in [0.2, 0.25) is 0 Å². The smallest absolute Gasteiger partial charge is 0.0897 e. The second-order valence-electron chi connectivity index (χ2n) is 4.27. The third kappa shape index (κ3) is 3.00. The van der Waals surface area contributed by atoms with E-state index in [2.05, 4.69) is 9.88 Å². The number of rotatable bonds is 3. The summed E-state index contributed by atoms with van der Waals surface area (Å²) in [5.41, 5.74) is 0. The maximum Gasteiger partial charge on any atom is 0.0897 e. The molecule has 1 unspecified atom stereocenters.